The van der Waals surface area contributed by atoms with Crippen LogP contribution in [0.25, 0.3) is 16.9 Å². The number of fused-ring (bicyclic) bond motifs is 1. The van der Waals surface area contributed by atoms with E-state index < -0.39 is 18.1 Å². The minimum Gasteiger partial charge on any atom is -0.465 e. The first-order valence-electron chi connectivity index (χ1n) is 9.88. The molecule has 0 fully saturated rings. The molecule has 10 heteroatoms. The fourth-order valence-corrected chi connectivity index (χ4v) is 3.36. The number of hydrogen-bond acceptors (Lipinski definition) is 5. The third-order valence-corrected chi connectivity index (χ3v) is 4.99. The van der Waals surface area contributed by atoms with Gasteiger partial charge in [-0.25, -0.2) is 9.78 Å². The number of imidazole rings is 1. The van der Waals surface area contributed by atoms with Crippen molar-refractivity contribution in [2.45, 2.75) is 6.18 Å². The van der Waals surface area contributed by atoms with Crippen LogP contribution in [0.4, 0.5) is 19.0 Å². The highest BCUT2D eigenvalue weighted by Gasteiger charge is 2.39. The van der Waals surface area contributed by atoms with Gasteiger partial charge >= 0.3 is 18.1 Å². The van der Waals surface area contributed by atoms with Gasteiger partial charge in [0.05, 0.1) is 18.4 Å². The number of rotatable bonds is 5. The molecular weight excluding hydrogens is 451 g/mol. The molecule has 1 N–H and O–H groups in total. The van der Waals surface area contributed by atoms with Gasteiger partial charge in [-0.05, 0) is 24.3 Å². The normalized spacial score (nSPS) is 11.3. The van der Waals surface area contributed by atoms with Crippen LogP contribution in [0.5, 0.6) is 0 Å². The first-order valence-corrected chi connectivity index (χ1v) is 9.88. The van der Waals surface area contributed by atoms with Crippen molar-refractivity contribution < 1.29 is 32.3 Å². The van der Waals surface area contributed by atoms with E-state index in [-0.39, 0.29) is 34.1 Å². The number of nitrogens with one attached hydrogen (secondary N) is 1. The molecule has 4 rings (SSSR count). The van der Waals surface area contributed by atoms with Gasteiger partial charge in [0.25, 0.3) is 0 Å². The summed E-state index contributed by atoms with van der Waals surface area (Å²) >= 11 is 0. The van der Waals surface area contributed by atoms with Crippen LogP contribution in [0.1, 0.15) is 26.3 Å². The summed E-state index contributed by atoms with van der Waals surface area (Å²) < 4.78 is 44.8. The van der Waals surface area contributed by atoms with E-state index in [1.54, 1.807) is 35.6 Å². The maximum Gasteiger partial charge on any atom is 0.471 e. The van der Waals surface area contributed by atoms with E-state index in [4.69, 9.17) is 0 Å². The number of hydrogen-bond donors (Lipinski definition) is 1. The Morgan fingerprint density at radius 1 is 0.882 bits per heavy atom. The molecule has 2 heterocycles. The maximum atomic E-state index is 12.9. The van der Waals surface area contributed by atoms with Crippen LogP contribution in [0, 0.1) is 0 Å². The molecule has 0 saturated heterocycles. The summed E-state index contributed by atoms with van der Waals surface area (Å²) in [5.74, 6) is -3.43. The summed E-state index contributed by atoms with van der Waals surface area (Å²) in [6, 6.07) is 17.2. The zero-order valence-electron chi connectivity index (χ0n) is 17.6. The maximum absolute atomic E-state index is 12.9. The first kappa shape index (κ1) is 22.7. The molecule has 0 unspecified atom stereocenters. The van der Waals surface area contributed by atoms with Crippen molar-refractivity contribution >= 4 is 29.1 Å². The van der Waals surface area contributed by atoms with Gasteiger partial charge in [0, 0.05) is 22.9 Å². The average molecular weight is 467 g/mol. The number of methoxy groups -OCH3 is 1. The standard InChI is InChI=1S/C24H16F3N3O4/c1-34-22(32)16-9-7-14(8-10-16)19-21(29-23(33)24(25,26)27)28-18-12-11-17(13-30(18)19)20(31)15-5-3-2-4-6-15/h2-13H,1H3,(H,29,33). The van der Waals surface area contributed by atoms with Crippen molar-refractivity contribution in [1.82, 2.24) is 9.38 Å². The Balaban J connectivity index is 1.86. The Morgan fingerprint density at radius 2 is 1.53 bits per heavy atom. The Kier molecular flexibility index (Phi) is 5.89. The molecule has 0 spiro atoms. The van der Waals surface area contributed by atoms with Crippen LogP contribution in [0.3, 0.4) is 0 Å². The zero-order chi connectivity index (χ0) is 24.5. The number of halogens is 3. The average Bonchev–Trinajstić information content (AvgIpc) is 3.20. The number of ketones is 1. The summed E-state index contributed by atoms with van der Waals surface area (Å²) in [5.41, 5.74) is 1.57. The lowest BCUT2D eigenvalue weighted by Crippen LogP contribution is -2.30. The highest BCUT2D eigenvalue weighted by molar-refractivity contribution is 6.09. The highest BCUT2D eigenvalue weighted by Crippen LogP contribution is 2.31. The number of carbonyl (C=O) groups excluding carboxylic acids is 3. The molecule has 0 bridgehead atoms. The van der Waals surface area contributed by atoms with Gasteiger partial charge in [-0.1, -0.05) is 42.5 Å². The van der Waals surface area contributed by atoms with Crippen LogP contribution in [-0.2, 0) is 9.53 Å². The van der Waals surface area contributed by atoms with Crippen molar-refractivity contribution in [1.29, 1.82) is 0 Å². The molecule has 4 aromatic rings. The highest BCUT2D eigenvalue weighted by atomic mass is 19.4. The molecule has 7 nitrogen and oxygen atoms in total. The number of esters is 1. The third-order valence-electron chi connectivity index (χ3n) is 4.99. The van der Waals surface area contributed by atoms with E-state index >= 15 is 0 Å². The molecule has 34 heavy (non-hydrogen) atoms. The Labute approximate surface area is 190 Å². The minimum atomic E-state index is -5.13. The smallest absolute Gasteiger partial charge is 0.465 e. The van der Waals surface area contributed by atoms with Gasteiger partial charge in [-0.15, -0.1) is 0 Å². The number of anilines is 1. The molecule has 0 aliphatic rings. The van der Waals surface area contributed by atoms with Crippen molar-refractivity contribution in [2.24, 2.45) is 0 Å². The number of ether oxygens (including phenoxy) is 1. The molecule has 1 amide bonds. The predicted molar refractivity (Wildman–Crippen MR) is 117 cm³/mol. The molecule has 0 saturated carbocycles. The van der Waals surface area contributed by atoms with Crippen LogP contribution < -0.4 is 5.32 Å². The molecule has 172 valence electrons. The molecule has 0 radical (unpaired) electrons. The summed E-state index contributed by atoms with van der Waals surface area (Å²) in [5, 5.41) is 1.79. The topological polar surface area (TPSA) is 89.8 Å². The Morgan fingerprint density at radius 3 is 2.15 bits per heavy atom. The minimum absolute atomic E-state index is 0.103. The summed E-state index contributed by atoms with van der Waals surface area (Å²) in [4.78, 5) is 40.4. The molecular formula is C24H16F3N3O4. The van der Waals surface area contributed by atoms with Crippen LogP contribution in [0.2, 0.25) is 0 Å². The van der Waals surface area contributed by atoms with Gasteiger partial charge in [0.1, 0.15) is 5.65 Å². The monoisotopic (exact) mass is 467 g/mol. The van der Waals surface area contributed by atoms with Gasteiger partial charge in [0.2, 0.25) is 0 Å². The lowest BCUT2D eigenvalue weighted by molar-refractivity contribution is -0.167. The van der Waals surface area contributed by atoms with E-state index in [2.05, 4.69) is 9.72 Å². The van der Waals surface area contributed by atoms with Gasteiger partial charge in [-0.2, -0.15) is 13.2 Å². The lowest BCUT2D eigenvalue weighted by atomic mass is 10.0. The van der Waals surface area contributed by atoms with E-state index in [1.807, 2.05) is 0 Å². The molecule has 2 aromatic heterocycles. The van der Waals surface area contributed by atoms with Crippen molar-refractivity contribution in [3.63, 3.8) is 0 Å². The summed E-state index contributed by atoms with van der Waals surface area (Å²) in [6.07, 6.45) is -3.69. The SMILES string of the molecule is COC(=O)c1ccc(-c2c(NC(=O)C(F)(F)F)nc3ccc(C(=O)c4ccccc4)cn23)cc1. The molecule has 0 aliphatic heterocycles. The number of aromatic nitrogens is 2. The van der Waals surface area contributed by atoms with Crippen molar-refractivity contribution in [3.8, 4) is 11.3 Å². The third kappa shape index (κ3) is 4.38. The van der Waals surface area contributed by atoms with Gasteiger partial charge in [-0.3, -0.25) is 14.0 Å². The van der Waals surface area contributed by atoms with Crippen molar-refractivity contribution in [3.05, 3.63) is 89.6 Å². The quantitative estimate of drug-likeness (QED) is 0.344. The second kappa shape index (κ2) is 8.81. The zero-order valence-corrected chi connectivity index (χ0v) is 17.6. The van der Waals surface area contributed by atoms with E-state index in [0.717, 1.165) is 0 Å². The Bertz CT molecular complexity index is 1400. The predicted octanol–water partition coefficient (Wildman–Crippen LogP) is 4.52. The summed E-state index contributed by atoms with van der Waals surface area (Å²) in [6.45, 7) is 0. The Hall–Kier alpha value is -4.47. The number of nitrogens with zero attached hydrogens (tertiary/aromatic N) is 2. The van der Waals surface area contributed by atoms with Gasteiger partial charge < -0.3 is 10.1 Å². The van der Waals surface area contributed by atoms with Crippen LogP contribution in [-0.4, -0.2) is 40.3 Å². The van der Waals surface area contributed by atoms with Crippen molar-refractivity contribution in [2.75, 3.05) is 12.4 Å². The van der Waals surface area contributed by atoms with E-state index in [1.165, 1.54) is 54.1 Å². The molecule has 2 aromatic carbocycles. The number of carbonyl (C=O) groups is 3. The first-order chi connectivity index (χ1) is 16.2. The number of amides is 1. The molecule has 0 aliphatic carbocycles. The second-order valence-corrected chi connectivity index (χ2v) is 7.17. The van der Waals surface area contributed by atoms with E-state index in [0.29, 0.717) is 11.1 Å². The lowest BCUT2D eigenvalue weighted by Gasteiger charge is -2.10. The number of alkyl halides is 3. The van der Waals surface area contributed by atoms with Gasteiger partial charge in [0.15, 0.2) is 11.6 Å². The fraction of sp³-hybridized carbons (Fsp3) is 0.0833. The van der Waals surface area contributed by atoms with E-state index in [9.17, 15) is 27.6 Å². The number of pyridine rings is 1. The fourth-order valence-electron chi connectivity index (χ4n) is 3.36. The van der Waals surface area contributed by atoms with Crippen LogP contribution >= 0.6 is 0 Å². The summed E-state index contributed by atoms with van der Waals surface area (Å²) in [7, 11) is 1.22. The molecule has 0 atom stereocenters. The second-order valence-electron chi connectivity index (χ2n) is 7.17. The largest absolute Gasteiger partial charge is 0.471 e. The van der Waals surface area contributed by atoms with Crippen LogP contribution in [0.15, 0.2) is 72.9 Å². The number of benzene rings is 2.